The summed E-state index contributed by atoms with van der Waals surface area (Å²) in [6, 6.07) is 0. The van der Waals surface area contributed by atoms with Crippen LogP contribution in [0, 0.1) is 0 Å². The fourth-order valence-corrected chi connectivity index (χ4v) is 0.449. The Morgan fingerprint density at radius 1 is 1.33 bits per heavy atom. The standard InChI is InChI=1S/C3H7O4P.B.3FH/c1-2-3-7-8(4,5)6;;;;/h2H,1,3H2,(H2,4,5,6);;3*1H. The molecule has 75 valence electrons. The van der Waals surface area contributed by atoms with Gasteiger partial charge < -0.3 is 9.79 Å². The summed E-state index contributed by atoms with van der Waals surface area (Å²) < 4.78 is 13.7. The molecular formula is C3H10BF3O4P. The minimum Gasteiger partial charge on any atom is -0.303 e. The Morgan fingerprint density at radius 2 is 1.67 bits per heavy atom. The van der Waals surface area contributed by atoms with E-state index in [2.05, 4.69) is 11.1 Å². The lowest BCUT2D eigenvalue weighted by Crippen LogP contribution is -1.86. The van der Waals surface area contributed by atoms with Crippen LogP contribution in [0.1, 0.15) is 0 Å². The fraction of sp³-hybridized carbons (Fsp3) is 0.333. The fourth-order valence-electron chi connectivity index (χ4n) is 0.150. The molecule has 2 N–H and O–H groups in total. The smallest absolute Gasteiger partial charge is 0.303 e. The van der Waals surface area contributed by atoms with E-state index in [0.29, 0.717) is 0 Å². The Kier molecular flexibility index (Phi) is 33.1. The molecule has 0 atom stereocenters. The zero-order chi connectivity index (χ0) is 6.62. The normalized spacial score (nSPS) is 7.50. The summed E-state index contributed by atoms with van der Waals surface area (Å²) in [6.45, 7) is 3.07. The Morgan fingerprint density at radius 3 is 1.75 bits per heavy atom. The molecule has 9 heteroatoms. The first-order valence-electron chi connectivity index (χ1n) is 1.87. The van der Waals surface area contributed by atoms with Crippen molar-refractivity contribution in [2.45, 2.75) is 0 Å². The van der Waals surface area contributed by atoms with Crippen molar-refractivity contribution in [2.75, 3.05) is 6.61 Å². The van der Waals surface area contributed by atoms with Gasteiger partial charge in [-0.3, -0.25) is 18.6 Å². The van der Waals surface area contributed by atoms with Crippen LogP contribution in [0.2, 0.25) is 0 Å². The third-order valence-corrected chi connectivity index (χ3v) is 0.846. The van der Waals surface area contributed by atoms with E-state index in [4.69, 9.17) is 9.79 Å². The number of halogens is 3. The topological polar surface area (TPSA) is 66.8 Å². The van der Waals surface area contributed by atoms with Crippen molar-refractivity contribution in [1.29, 1.82) is 0 Å². The van der Waals surface area contributed by atoms with Gasteiger partial charge >= 0.3 is 7.82 Å². The summed E-state index contributed by atoms with van der Waals surface area (Å²) in [6.07, 6.45) is 1.26. The van der Waals surface area contributed by atoms with Crippen molar-refractivity contribution in [3.8, 4) is 0 Å². The molecular weight excluding hydrogens is 199 g/mol. The van der Waals surface area contributed by atoms with Crippen LogP contribution >= 0.6 is 7.82 Å². The molecule has 0 rings (SSSR count). The van der Waals surface area contributed by atoms with E-state index in [9.17, 15) is 4.57 Å². The molecule has 0 aromatic rings. The lowest BCUT2D eigenvalue weighted by molar-refractivity contribution is 0.216. The van der Waals surface area contributed by atoms with Gasteiger partial charge in [0.25, 0.3) is 0 Å². The third kappa shape index (κ3) is 33.2. The molecule has 0 heterocycles. The van der Waals surface area contributed by atoms with Crippen molar-refractivity contribution in [1.82, 2.24) is 0 Å². The second-order valence-electron chi connectivity index (χ2n) is 1.08. The molecule has 12 heavy (non-hydrogen) atoms. The summed E-state index contributed by atoms with van der Waals surface area (Å²) in [5, 5.41) is 0. The highest BCUT2D eigenvalue weighted by Crippen LogP contribution is 2.35. The van der Waals surface area contributed by atoms with E-state index >= 15 is 0 Å². The van der Waals surface area contributed by atoms with Crippen molar-refractivity contribution in [2.24, 2.45) is 0 Å². The summed E-state index contributed by atoms with van der Waals surface area (Å²) in [7, 11) is -4.25. The molecule has 4 nitrogen and oxygen atoms in total. The Balaban J connectivity index is -0.0000000408. The third-order valence-electron chi connectivity index (χ3n) is 0.361. The Bertz CT molecular complexity index is 129. The maximum atomic E-state index is 9.81. The molecule has 0 bridgehead atoms. The minimum absolute atomic E-state index is 0. The molecule has 0 amide bonds. The monoisotopic (exact) mass is 209 g/mol. The van der Waals surface area contributed by atoms with E-state index < -0.39 is 7.82 Å². The van der Waals surface area contributed by atoms with Crippen LogP contribution < -0.4 is 0 Å². The van der Waals surface area contributed by atoms with Crippen LogP contribution in [0.3, 0.4) is 0 Å². The molecule has 0 aromatic heterocycles. The van der Waals surface area contributed by atoms with Crippen molar-refractivity contribution in [3.05, 3.63) is 12.7 Å². The quantitative estimate of drug-likeness (QED) is 0.400. The first-order valence-corrected chi connectivity index (χ1v) is 3.40. The Labute approximate surface area is 69.5 Å². The number of rotatable bonds is 3. The van der Waals surface area contributed by atoms with Crippen LogP contribution in [0.25, 0.3) is 0 Å². The molecule has 0 saturated heterocycles. The molecule has 0 spiro atoms. The van der Waals surface area contributed by atoms with Gasteiger partial charge in [0, 0.05) is 8.41 Å². The predicted molar refractivity (Wildman–Crippen MR) is 41.5 cm³/mol. The summed E-state index contributed by atoms with van der Waals surface area (Å²) in [5.41, 5.74) is 0. The molecule has 3 radical (unpaired) electrons. The highest BCUT2D eigenvalue weighted by molar-refractivity contribution is 7.46. The summed E-state index contributed by atoms with van der Waals surface area (Å²) in [5.74, 6) is 0. The molecule has 0 aliphatic rings. The van der Waals surface area contributed by atoms with Gasteiger partial charge in [-0.05, 0) is 0 Å². The van der Waals surface area contributed by atoms with Gasteiger partial charge in [-0.25, -0.2) is 4.57 Å². The zero-order valence-corrected chi connectivity index (χ0v) is 6.85. The number of phosphoric ester groups is 1. The second kappa shape index (κ2) is 13.3. The summed E-state index contributed by atoms with van der Waals surface area (Å²) in [4.78, 5) is 16.0. The van der Waals surface area contributed by atoms with Crippen molar-refractivity contribution < 1.29 is 33.0 Å². The Hall–Kier alpha value is -0.295. The molecule has 0 aliphatic carbocycles. The van der Waals surface area contributed by atoms with Crippen LogP contribution in [-0.2, 0) is 9.09 Å². The van der Waals surface area contributed by atoms with E-state index in [1.807, 2.05) is 0 Å². The zero-order valence-electron chi connectivity index (χ0n) is 5.95. The van der Waals surface area contributed by atoms with Gasteiger partial charge in [0.2, 0.25) is 0 Å². The van der Waals surface area contributed by atoms with E-state index in [-0.39, 0.29) is 29.1 Å². The first-order chi connectivity index (χ1) is 3.56. The summed E-state index contributed by atoms with van der Waals surface area (Å²) >= 11 is 0. The van der Waals surface area contributed by atoms with E-state index in [1.165, 1.54) is 6.08 Å². The van der Waals surface area contributed by atoms with E-state index in [0.717, 1.165) is 0 Å². The van der Waals surface area contributed by atoms with Crippen molar-refractivity contribution >= 4 is 16.2 Å². The highest BCUT2D eigenvalue weighted by Gasteiger charge is 2.10. The van der Waals surface area contributed by atoms with Crippen LogP contribution in [-0.4, -0.2) is 24.8 Å². The average molecular weight is 209 g/mol. The number of phosphoric acid groups is 1. The molecule has 0 aromatic carbocycles. The predicted octanol–water partition coefficient (Wildman–Crippen LogP) is 0.358. The van der Waals surface area contributed by atoms with Gasteiger partial charge in [0.15, 0.2) is 0 Å². The maximum absolute atomic E-state index is 9.81. The van der Waals surface area contributed by atoms with Gasteiger partial charge in [0.1, 0.15) is 0 Å². The average Bonchev–Trinajstić information content (AvgIpc) is 1.59. The maximum Gasteiger partial charge on any atom is 0.469 e. The van der Waals surface area contributed by atoms with Gasteiger partial charge in [-0.2, -0.15) is 0 Å². The SMILES string of the molecule is C=CCOP(=O)(O)O.F.F.F.[B]. The lowest BCUT2D eigenvalue weighted by atomic mass is 10.7. The van der Waals surface area contributed by atoms with E-state index in [1.54, 1.807) is 0 Å². The number of hydrogen-bond donors (Lipinski definition) is 2. The number of hydrogen-bond acceptors (Lipinski definition) is 2. The highest BCUT2D eigenvalue weighted by atomic mass is 31.2. The minimum atomic E-state index is -4.25. The molecule has 0 unspecified atom stereocenters. The molecule has 0 saturated carbocycles. The van der Waals surface area contributed by atoms with Crippen LogP contribution in [0.15, 0.2) is 12.7 Å². The van der Waals surface area contributed by atoms with Crippen LogP contribution in [0.4, 0.5) is 14.1 Å². The second-order valence-corrected chi connectivity index (χ2v) is 2.31. The van der Waals surface area contributed by atoms with Gasteiger partial charge in [0.05, 0.1) is 6.61 Å². The lowest BCUT2D eigenvalue weighted by Gasteiger charge is -1.98. The largest absolute Gasteiger partial charge is 0.469 e. The van der Waals surface area contributed by atoms with Gasteiger partial charge in [-0.1, -0.05) is 6.08 Å². The molecule has 0 aliphatic heterocycles. The first kappa shape index (κ1) is 29.8. The molecule has 0 fully saturated rings. The van der Waals surface area contributed by atoms with Gasteiger partial charge in [-0.15, -0.1) is 6.58 Å². The van der Waals surface area contributed by atoms with Crippen LogP contribution in [0.5, 0.6) is 0 Å². The van der Waals surface area contributed by atoms with Crippen molar-refractivity contribution in [3.63, 3.8) is 0 Å².